The number of hydrogen-bond acceptors (Lipinski definition) is 8. The predicted octanol–water partition coefficient (Wildman–Crippen LogP) is 5.73. The molecular weight excluding hydrogens is 540 g/mol. The van der Waals surface area contributed by atoms with Gasteiger partial charge < -0.3 is 17.3 Å². The van der Waals surface area contributed by atoms with E-state index in [1.54, 1.807) is 79.9 Å². The minimum Gasteiger partial charge on any atom is -0.497 e. The Hall–Kier alpha value is -4.02. The van der Waals surface area contributed by atoms with Gasteiger partial charge in [0.15, 0.2) is 0 Å². The van der Waals surface area contributed by atoms with Crippen molar-refractivity contribution in [2.45, 2.75) is 19.3 Å². The van der Waals surface area contributed by atoms with E-state index in [-0.39, 0.29) is 17.2 Å². The van der Waals surface area contributed by atoms with Crippen LogP contribution in [0.4, 0.5) is 0 Å². The maximum atomic E-state index is 12.5. The van der Waals surface area contributed by atoms with Crippen molar-refractivity contribution in [3.63, 3.8) is 0 Å². The molecule has 0 atom stereocenters. The average Bonchev–Trinajstić information content (AvgIpc) is 2.88. The monoisotopic (exact) mass is 568 g/mol. The zero-order chi connectivity index (χ0) is 28.3. The maximum Gasteiger partial charge on any atom is 0.500 e. The molecule has 0 spiro atoms. The fourth-order valence-corrected chi connectivity index (χ4v) is 5.12. The summed E-state index contributed by atoms with van der Waals surface area (Å²) in [6.07, 6.45) is 0.985. The Morgan fingerprint density at radius 3 is 1.21 bits per heavy atom. The molecule has 0 amide bonds. The van der Waals surface area contributed by atoms with Gasteiger partial charge in [-0.05, 0) is 70.8 Å². The quantitative estimate of drug-likeness (QED) is 0.223. The van der Waals surface area contributed by atoms with Crippen LogP contribution in [0.2, 0.25) is 0 Å². The zero-order valence-electron chi connectivity index (χ0n) is 21.8. The molecule has 204 valence electrons. The predicted molar refractivity (Wildman–Crippen MR) is 149 cm³/mol. The van der Waals surface area contributed by atoms with E-state index in [1.165, 1.54) is 0 Å². The second-order valence-corrected chi connectivity index (χ2v) is 12.0. The summed E-state index contributed by atoms with van der Waals surface area (Å²) in [6, 6.07) is 27.5. The molecule has 39 heavy (non-hydrogen) atoms. The lowest BCUT2D eigenvalue weighted by Crippen LogP contribution is -2.19. The van der Waals surface area contributed by atoms with Crippen LogP contribution in [0.15, 0.2) is 97.1 Å². The van der Waals surface area contributed by atoms with Gasteiger partial charge in [-0.15, -0.1) is 8.42 Å². The number of rotatable bonds is 10. The van der Waals surface area contributed by atoms with Gasteiger partial charge >= 0.3 is 20.5 Å². The van der Waals surface area contributed by atoms with E-state index in [1.807, 2.05) is 38.1 Å². The number of methoxy groups -OCH3 is 1. The summed E-state index contributed by atoms with van der Waals surface area (Å²) >= 11 is 0. The molecule has 10 heteroatoms. The van der Waals surface area contributed by atoms with E-state index >= 15 is 0 Å². The Bertz CT molecular complexity index is 1620. The van der Waals surface area contributed by atoms with Crippen LogP contribution in [0.5, 0.6) is 23.0 Å². The molecule has 0 bridgehead atoms. The van der Waals surface area contributed by atoms with Crippen LogP contribution in [0, 0.1) is 0 Å². The molecule has 0 heterocycles. The number of hydrogen-bond donors (Lipinski definition) is 0. The lowest BCUT2D eigenvalue weighted by molar-refractivity contribution is 0.392. The van der Waals surface area contributed by atoms with Gasteiger partial charge in [0, 0.05) is 5.41 Å². The molecule has 0 N–H and O–H groups in total. The first-order valence-electron chi connectivity index (χ1n) is 11.8. The summed E-state index contributed by atoms with van der Waals surface area (Å²) in [5.41, 5.74) is 3.16. The average molecular weight is 569 g/mol. The molecule has 4 rings (SSSR count). The molecule has 0 saturated heterocycles. The molecule has 0 radical (unpaired) electrons. The molecule has 0 aromatic heterocycles. The van der Waals surface area contributed by atoms with E-state index < -0.39 is 25.9 Å². The summed E-state index contributed by atoms with van der Waals surface area (Å²) in [7, 11) is -6.39. The fraction of sp³-hybridized carbons (Fsp3) is 0.172. The number of ether oxygens (including phenoxy) is 1. The maximum absolute atomic E-state index is 12.5. The van der Waals surface area contributed by atoms with Gasteiger partial charge in [-0.25, -0.2) is 0 Å². The summed E-state index contributed by atoms with van der Waals surface area (Å²) in [4.78, 5) is 0. The Kier molecular flexibility index (Phi) is 7.89. The van der Waals surface area contributed by atoms with Crippen molar-refractivity contribution in [1.29, 1.82) is 0 Å². The topological polar surface area (TPSA) is 105 Å². The normalized spacial score (nSPS) is 12.0. The largest absolute Gasteiger partial charge is 0.500 e. The van der Waals surface area contributed by atoms with Gasteiger partial charge in [0.05, 0.1) is 13.4 Å². The van der Waals surface area contributed by atoms with E-state index in [4.69, 9.17) is 17.3 Å². The van der Waals surface area contributed by atoms with Crippen molar-refractivity contribution >= 4 is 20.5 Å². The summed E-state index contributed by atoms with van der Waals surface area (Å²) in [5, 5.41) is 0. The van der Waals surface area contributed by atoms with Crippen molar-refractivity contribution in [3.05, 3.63) is 108 Å². The molecule has 0 fully saturated rings. The first-order valence-corrected chi connectivity index (χ1v) is 15.0. The van der Waals surface area contributed by atoms with Crippen molar-refractivity contribution in [1.82, 2.24) is 0 Å². The third-order valence-corrected chi connectivity index (χ3v) is 7.36. The summed E-state index contributed by atoms with van der Waals surface area (Å²) in [6.45, 7) is 3.98. The van der Waals surface area contributed by atoms with Gasteiger partial charge in [-0.2, -0.15) is 8.42 Å². The molecule has 0 unspecified atom stereocenters. The molecule has 0 aliphatic heterocycles. The van der Waals surface area contributed by atoms with Crippen LogP contribution in [0.3, 0.4) is 0 Å². The minimum atomic E-state index is -4.37. The standard InChI is InChI=1S/C29H28O8S2/c1-29(2,23-9-17-26(18-10-23)35-38(4,30)31)24-11-19-28(20-12-24)37-39(32,33)36-27-15-7-22(8-16-27)21-5-13-25(34-3)14-6-21/h5-20H,1-4H3. The lowest BCUT2D eigenvalue weighted by atomic mass is 9.78. The van der Waals surface area contributed by atoms with Crippen molar-refractivity contribution in [2.24, 2.45) is 0 Å². The van der Waals surface area contributed by atoms with Crippen LogP contribution in [-0.4, -0.2) is 30.2 Å². The smallest absolute Gasteiger partial charge is 0.497 e. The minimum absolute atomic E-state index is 0.0984. The van der Waals surface area contributed by atoms with Gasteiger partial charge in [0.25, 0.3) is 0 Å². The van der Waals surface area contributed by atoms with Gasteiger partial charge in [-0.1, -0.05) is 62.4 Å². The zero-order valence-corrected chi connectivity index (χ0v) is 23.5. The Morgan fingerprint density at radius 1 is 0.513 bits per heavy atom. The van der Waals surface area contributed by atoms with Crippen LogP contribution in [-0.2, 0) is 25.9 Å². The van der Waals surface area contributed by atoms with Crippen molar-refractivity contribution in [3.8, 4) is 34.1 Å². The molecule has 4 aromatic rings. The molecular formula is C29H28O8S2. The molecule has 0 saturated carbocycles. The SMILES string of the molecule is COc1ccc(-c2ccc(OS(=O)(=O)Oc3ccc(C(C)(C)c4ccc(OS(C)(=O)=O)cc4)cc3)cc2)cc1. The van der Waals surface area contributed by atoms with E-state index in [2.05, 4.69) is 0 Å². The van der Waals surface area contributed by atoms with E-state index in [0.29, 0.717) is 0 Å². The third kappa shape index (κ3) is 7.30. The molecule has 0 aliphatic carbocycles. The van der Waals surface area contributed by atoms with Crippen LogP contribution in [0.25, 0.3) is 11.1 Å². The highest BCUT2D eigenvalue weighted by atomic mass is 32.3. The third-order valence-electron chi connectivity index (χ3n) is 6.07. The van der Waals surface area contributed by atoms with Gasteiger partial charge in [0.1, 0.15) is 23.0 Å². The molecule has 0 aliphatic rings. The van der Waals surface area contributed by atoms with Crippen LogP contribution < -0.4 is 17.3 Å². The number of benzene rings is 4. The first kappa shape index (κ1) is 28.0. The highest BCUT2D eigenvalue weighted by molar-refractivity contribution is 7.86. The molecule has 4 aromatic carbocycles. The van der Waals surface area contributed by atoms with Crippen molar-refractivity contribution in [2.75, 3.05) is 13.4 Å². The second kappa shape index (κ2) is 11.0. The molecule has 8 nitrogen and oxygen atoms in total. The van der Waals surface area contributed by atoms with E-state index in [0.717, 1.165) is 34.3 Å². The highest BCUT2D eigenvalue weighted by Crippen LogP contribution is 2.34. The van der Waals surface area contributed by atoms with Gasteiger partial charge in [-0.3, -0.25) is 0 Å². The lowest BCUT2D eigenvalue weighted by Gasteiger charge is -2.26. The van der Waals surface area contributed by atoms with Crippen LogP contribution in [0.1, 0.15) is 25.0 Å². The van der Waals surface area contributed by atoms with Crippen LogP contribution >= 0.6 is 0 Å². The second-order valence-electron chi connectivity index (χ2n) is 9.29. The Labute approximate surface area is 229 Å². The highest BCUT2D eigenvalue weighted by Gasteiger charge is 2.24. The Morgan fingerprint density at radius 2 is 0.846 bits per heavy atom. The Balaban J connectivity index is 1.41. The fourth-order valence-electron chi connectivity index (χ4n) is 3.93. The first-order chi connectivity index (χ1) is 18.3. The van der Waals surface area contributed by atoms with Crippen molar-refractivity contribution < 1.29 is 34.1 Å². The summed E-state index contributed by atoms with van der Waals surface area (Å²) in [5.74, 6) is 1.19. The van der Waals surface area contributed by atoms with E-state index in [9.17, 15) is 16.8 Å². The van der Waals surface area contributed by atoms with Gasteiger partial charge in [0.2, 0.25) is 0 Å². The summed E-state index contributed by atoms with van der Waals surface area (Å²) < 4.78 is 68.0.